The van der Waals surface area contributed by atoms with Crippen LogP contribution in [-0.2, 0) is 12.7 Å². The topological polar surface area (TPSA) is 136 Å². The normalized spacial score (nSPS) is 14.3. The van der Waals surface area contributed by atoms with Crippen molar-refractivity contribution in [1.29, 1.82) is 5.41 Å². The number of nitrogen functional groups attached to an aromatic ring is 1. The first-order chi connectivity index (χ1) is 19.9. The number of nitrogens with two attached hydrogens (primary N) is 1. The van der Waals surface area contributed by atoms with Gasteiger partial charge in [-0.2, -0.15) is 13.2 Å². The molecule has 3 aromatic rings. The van der Waals surface area contributed by atoms with Crippen molar-refractivity contribution < 1.29 is 18.0 Å². The molecule has 0 radical (unpaired) electrons. The van der Waals surface area contributed by atoms with Crippen LogP contribution in [0.15, 0.2) is 43.0 Å². The fraction of sp³-hybridized carbons (Fsp3) is 0.345. The molecule has 5 N–H and O–H groups in total. The Kier molecular flexibility index (Phi) is 9.39. The summed E-state index contributed by atoms with van der Waals surface area (Å²) in [6.45, 7) is 6.94. The lowest BCUT2D eigenvalue weighted by Crippen LogP contribution is -2.44. The van der Waals surface area contributed by atoms with Crippen molar-refractivity contribution >= 4 is 28.9 Å². The van der Waals surface area contributed by atoms with E-state index < -0.39 is 17.6 Å². The molecule has 1 fully saturated rings. The Morgan fingerprint density at radius 2 is 1.88 bits per heavy atom. The maximum absolute atomic E-state index is 13.9. The van der Waals surface area contributed by atoms with E-state index in [4.69, 9.17) is 11.1 Å². The Hall–Kier alpha value is -4.54. The quantitative estimate of drug-likeness (QED) is 0.246. The van der Waals surface area contributed by atoms with Crippen LogP contribution < -0.4 is 16.4 Å². The number of likely N-dealkylation sites (N-methyl/N-ethyl adjacent to an activating group) is 1. The number of hydrogen-bond donors (Lipinski definition) is 4. The highest BCUT2D eigenvalue weighted by Gasteiger charge is 2.34. The Bertz CT molecular complexity index is 1520. The molecular weight excluding hydrogens is 547 g/mol. The van der Waals surface area contributed by atoms with E-state index in [9.17, 15) is 18.0 Å². The van der Waals surface area contributed by atoms with Gasteiger partial charge in [-0.15, -0.1) is 0 Å². The van der Waals surface area contributed by atoms with E-state index in [0.29, 0.717) is 24.5 Å². The summed E-state index contributed by atoms with van der Waals surface area (Å²) in [4.78, 5) is 29.2. The molecule has 3 heterocycles. The summed E-state index contributed by atoms with van der Waals surface area (Å²) in [5.41, 5.74) is 5.86. The molecule has 1 aromatic carbocycles. The summed E-state index contributed by atoms with van der Waals surface area (Å²) in [6.07, 6.45) is -0.604. The third-order valence-corrected chi connectivity index (χ3v) is 6.55. The van der Waals surface area contributed by atoms with Gasteiger partial charge >= 0.3 is 6.18 Å². The fourth-order valence-corrected chi connectivity index (χ4v) is 4.36. The second kappa shape index (κ2) is 13.0. The Morgan fingerprint density at radius 3 is 2.57 bits per heavy atom. The Labute approximate surface area is 242 Å². The maximum atomic E-state index is 13.9. The van der Waals surface area contributed by atoms with Gasteiger partial charge < -0.3 is 21.3 Å². The lowest BCUT2D eigenvalue weighted by molar-refractivity contribution is -0.138. The molecule has 4 rings (SSSR count). The zero-order valence-corrected chi connectivity index (χ0v) is 23.5. The molecule has 1 aliphatic rings. The zero-order chi connectivity index (χ0) is 30.4. The summed E-state index contributed by atoms with van der Waals surface area (Å²) in [6, 6.07) is 5.29. The number of hydrogen-bond acceptors (Lipinski definition) is 9. The average molecular weight is 580 g/mol. The van der Waals surface area contributed by atoms with Crippen LogP contribution in [0.5, 0.6) is 0 Å². The SMILES string of the molecule is CC(C)Nc1ncnc(N)c1C(=N)C#Cc1cncc(C(=O)Nc2ccc(CN3CCN(C)CC3)c(C(F)(F)F)c2)c1. The Balaban J connectivity index is 1.50. The van der Waals surface area contributed by atoms with E-state index >= 15 is 0 Å². The van der Waals surface area contributed by atoms with Crippen molar-refractivity contribution in [3.8, 4) is 11.8 Å². The van der Waals surface area contributed by atoms with Gasteiger partial charge in [0.2, 0.25) is 0 Å². The lowest BCUT2D eigenvalue weighted by atomic mass is 10.0. The predicted molar refractivity (Wildman–Crippen MR) is 155 cm³/mol. The van der Waals surface area contributed by atoms with Gasteiger partial charge in [-0.3, -0.25) is 20.1 Å². The van der Waals surface area contributed by atoms with Crippen LogP contribution in [0.25, 0.3) is 0 Å². The molecular formula is C29H32F3N9O. The van der Waals surface area contributed by atoms with Crippen LogP contribution in [0.4, 0.5) is 30.5 Å². The molecule has 10 nitrogen and oxygen atoms in total. The number of carbonyl (C=O) groups is 1. The number of pyridine rings is 1. The van der Waals surface area contributed by atoms with Crippen LogP contribution in [0.3, 0.4) is 0 Å². The second-order valence-electron chi connectivity index (χ2n) is 10.3. The number of rotatable bonds is 7. The average Bonchev–Trinajstić information content (AvgIpc) is 2.93. The first-order valence-corrected chi connectivity index (χ1v) is 13.3. The molecule has 0 bridgehead atoms. The Morgan fingerprint density at radius 1 is 1.14 bits per heavy atom. The molecule has 13 heteroatoms. The highest BCUT2D eigenvalue weighted by Crippen LogP contribution is 2.34. The first-order valence-electron chi connectivity index (χ1n) is 13.3. The van der Waals surface area contributed by atoms with E-state index in [0.717, 1.165) is 19.2 Å². The number of nitrogens with zero attached hydrogens (tertiary/aromatic N) is 5. The minimum absolute atomic E-state index is 0.0115. The molecule has 0 atom stereocenters. The van der Waals surface area contributed by atoms with Gasteiger partial charge in [0.1, 0.15) is 23.7 Å². The zero-order valence-electron chi connectivity index (χ0n) is 23.5. The van der Waals surface area contributed by atoms with Gasteiger partial charge in [0.25, 0.3) is 5.91 Å². The van der Waals surface area contributed by atoms with Gasteiger partial charge in [-0.25, -0.2) is 9.97 Å². The van der Waals surface area contributed by atoms with Crippen molar-refractivity contribution in [3.63, 3.8) is 0 Å². The van der Waals surface area contributed by atoms with Crippen LogP contribution >= 0.6 is 0 Å². The molecule has 0 saturated carbocycles. The molecule has 1 amide bonds. The van der Waals surface area contributed by atoms with Gasteiger partial charge in [0.15, 0.2) is 0 Å². The highest BCUT2D eigenvalue weighted by atomic mass is 19.4. The van der Waals surface area contributed by atoms with Gasteiger partial charge in [0, 0.05) is 62.4 Å². The second-order valence-corrected chi connectivity index (χ2v) is 10.3. The smallest absolute Gasteiger partial charge is 0.383 e. The largest absolute Gasteiger partial charge is 0.416 e. The molecule has 1 saturated heterocycles. The molecule has 220 valence electrons. The van der Waals surface area contributed by atoms with E-state index in [2.05, 4.69) is 42.3 Å². The van der Waals surface area contributed by atoms with E-state index in [1.54, 1.807) is 0 Å². The summed E-state index contributed by atoms with van der Waals surface area (Å²) >= 11 is 0. The third kappa shape index (κ3) is 7.80. The molecule has 0 spiro atoms. The number of aromatic nitrogens is 3. The van der Waals surface area contributed by atoms with Crippen molar-refractivity contribution in [2.24, 2.45) is 0 Å². The van der Waals surface area contributed by atoms with E-state index in [1.165, 1.54) is 36.9 Å². The number of nitrogens with one attached hydrogen (secondary N) is 3. The highest BCUT2D eigenvalue weighted by molar-refractivity contribution is 6.16. The number of amides is 1. The van der Waals surface area contributed by atoms with Crippen LogP contribution in [0, 0.1) is 17.3 Å². The lowest BCUT2D eigenvalue weighted by Gasteiger charge is -2.33. The van der Waals surface area contributed by atoms with Gasteiger partial charge in [0.05, 0.1) is 16.7 Å². The molecule has 0 aliphatic carbocycles. The molecule has 42 heavy (non-hydrogen) atoms. The van der Waals surface area contributed by atoms with Crippen molar-refractivity contribution in [2.45, 2.75) is 32.6 Å². The number of benzene rings is 1. The molecule has 2 aromatic heterocycles. The summed E-state index contributed by atoms with van der Waals surface area (Å²) in [7, 11) is 1.98. The van der Waals surface area contributed by atoms with Crippen LogP contribution in [0.1, 0.15) is 46.5 Å². The monoisotopic (exact) mass is 579 g/mol. The number of anilines is 3. The van der Waals surface area contributed by atoms with E-state index in [1.807, 2.05) is 25.8 Å². The number of carbonyl (C=O) groups excluding carboxylic acids is 1. The van der Waals surface area contributed by atoms with Crippen molar-refractivity contribution in [3.05, 3.63) is 70.8 Å². The minimum atomic E-state index is -4.58. The number of piperazine rings is 1. The molecule has 0 unspecified atom stereocenters. The standard InChI is InChI=1S/C29H32F3N9O/c1-18(2)38-27-25(26(34)36-17-37-27)24(33)7-4-19-12-21(15-35-14-19)28(42)39-22-6-5-20(23(13-22)29(30,31)32)16-41-10-8-40(3)9-11-41/h5-6,12-15,17-18,33H,8-11,16H2,1-3H3,(H,39,42)(H3,34,36,37,38). The third-order valence-electron chi connectivity index (χ3n) is 6.55. The minimum Gasteiger partial charge on any atom is -0.383 e. The fourth-order valence-electron chi connectivity index (χ4n) is 4.36. The van der Waals surface area contributed by atoms with Gasteiger partial charge in [-0.05, 0) is 50.6 Å². The van der Waals surface area contributed by atoms with Crippen LogP contribution in [0.2, 0.25) is 0 Å². The predicted octanol–water partition coefficient (Wildman–Crippen LogP) is 3.71. The van der Waals surface area contributed by atoms with Gasteiger partial charge in [-0.1, -0.05) is 12.0 Å². The van der Waals surface area contributed by atoms with Crippen LogP contribution in [-0.4, -0.2) is 75.6 Å². The summed E-state index contributed by atoms with van der Waals surface area (Å²) in [5.74, 6) is 5.27. The summed E-state index contributed by atoms with van der Waals surface area (Å²) in [5, 5.41) is 14.0. The van der Waals surface area contributed by atoms with Crippen molar-refractivity contribution in [2.75, 3.05) is 49.6 Å². The number of alkyl halides is 3. The maximum Gasteiger partial charge on any atom is 0.416 e. The summed E-state index contributed by atoms with van der Waals surface area (Å²) < 4.78 is 41.8. The van der Waals surface area contributed by atoms with E-state index in [-0.39, 0.29) is 46.5 Å². The molecule has 1 aliphatic heterocycles. The number of halogens is 3. The first kappa shape index (κ1) is 30.4. The van der Waals surface area contributed by atoms with Crippen molar-refractivity contribution in [1.82, 2.24) is 24.8 Å².